The van der Waals surface area contributed by atoms with Crippen molar-refractivity contribution in [1.29, 1.82) is 0 Å². The number of benzene rings is 2. The molecule has 2 aromatic rings. The number of nitrogens with zero attached hydrogens (tertiary/aromatic N) is 1. The molecule has 1 amide bonds. The highest BCUT2D eigenvalue weighted by molar-refractivity contribution is 7.99. The molecule has 0 saturated carbocycles. The van der Waals surface area contributed by atoms with Gasteiger partial charge in [-0.3, -0.25) is 4.79 Å². The molecule has 1 aliphatic rings. The zero-order valence-corrected chi connectivity index (χ0v) is 17.1. The van der Waals surface area contributed by atoms with Gasteiger partial charge in [0.05, 0.1) is 0 Å². The monoisotopic (exact) mass is 395 g/mol. The van der Waals surface area contributed by atoms with Gasteiger partial charge in [0.2, 0.25) is 5.91 Å². The summed E-state index contributed by atoms with van der Waals surface area (Å²) in [6, 6.07) is 16.8. The first-order valence-electron chi connectivity index (χ1n) is 9.27. The van der Waals surface area contributed by atoms with E-state index in [1.807, 2.05) is 42.5 Å². The molecule has 0 spiro atoms. The fraction of sp³-hybridized carbons (Fsp3) is 0.304. The maximum atomic E-state index is 12.9. The molecule has 1 aliphatic heterocycles. The molecule has 4 nitrogen and oxygen atoms in total. The van der Waals surface area contributed by atoms with Crippen LogP contribution in [-0.2, 0) is 15.0 Å². The number of carboxylic acid groups (broad SMARTS) is 1. The average Bonchev–Trinajstić information content (AvgIpc) is 3.12. The SMILES string of the molecule is CC(C)(C)c1ccc(C2SCC(C(=O)O)N2C(=O)/C=C/c2ccccc2)cc1. The van der Waals surface area contributed by atoms with Crippen LogP contribution in [0.1, 0.15) is 42.8 Å². The third-order valence-electron chi connectivity index (χ3n) is 4.82. The molecule has 2 unspecified atom stereocenters. The van der Waals surface area contributed by atoms with Gasteiger partial charge in [-0.1, -0.05) is 75.4 Å². The minimum atomic E-state index is -0.970. The Hall–Kier alpha value is -2.53. The van der Waals surface area contributed by atoms with Gasteiger partial charge in [0.25, 0.3) is 0 Å². The maximum Gasteiger partial charge on any atom is 0.327 e. The highest BCUT2D eigenvalue weighted by Crippen LogP contribution is 2.42. The van der Waals surface area contributed by atoms with Crippen molar-refractivity contribution in [3.63, 3.8) is 0 Å². The Balaban J connectivity index is 1.86. The van der Waals surface area contributed by atoms with Gasteiger partial charge in [-0.15, -0.1) is 11.8 Å². The first-order chi connectivity index (χ1) is 13.3. The number of carboxylic acids is 1. The summed E-state index contributed by atoms with van der Waals surface area (Å²) in [7, 11) is 0. The predicted molar refractivity (Wildman–Crippen MR) is 114 cm³/mol. The third kappa shape index (κ3) is 4.47. The van der Waals surface area contributed by atoms with E-state index in [1.165, 1.54) is 28.3 Å². The largest absolute Gasteiger partial charge is 0.480 e. The van der Waals surface area contributed by atoms with Crippen LogP contribution >= 0.6 is 11.8 Å². The molecule has 0 bridgehead atoms. The van der Waals surface area contributed by atoms with E-state index in [9.17, 15) is 14.7 Å². The number of carbonyl (C=O) groups is 2. The van der Waals surface area contributed by atoms with Crippen molar-refractivity contribution < 1.29 is 14.7 Å². The van der Waals surface area contributed by atoms with E-state index in [2.05, 4.69) is 32.9 Å². The summed E-state index contributed by atoms with van der Waals surface area (Å²) in [5, 5.41) is 9.30. The number of thioether (sulfide) groups is 1. The summed E-state index contributed by atoms with van der Waals surface area (Å²) in [5.41, 5.74) is 3.10. The standard InChI is InChI=1S/C23H25NO3S/c1-23(2,3)18-12-10-17(11-13-18)21-24(19(15-28-21)22(26)27)20(25)14-9-16-7-5-4-6-8-16/h4-14,19,21H,15H2,1-3H3,(H,26,27)/b14-9+. The number of amides is 1. The Morgan fingerprint density at radius 2 is 1.71 bits per heavy atom. The molecule has 1 N–H and O–H groups in total. The summed E-state index contributed by atoms with van der Waals surface area (Å²) in [6.07, 6.45) is 3.19. The molecule has 146 valence electrons. The molecule has 0 aromatic heterocycles. The third-order valence-corrected chi connectivity index (χ3v) is 6.14. The number of rotatable bonds is 4. The van der Waals surface area contributed by atoms with E-state index in [4.69, 9.17) is 0 Å². The van der Waals surface area contributed by atoms with E-state index < -0.39 is 12.0 Å². The van der Waals surface area contributed by atoms with Crippen LogP contribution < -0.4 is 0 Å². The van der Waals surface area contributed by atoms with Crippen LogP contribution in [0.2, 0.25) is 0 Å². The molecular weight excluding hydrogens is 370 g/mol. The van der Waals surface area contributed by atoms with Crippen molar-refractivity contribution >= 4 is 29.7 Å². The lowest BCUT2D eigenvalue weighted by Crippen LogP contribution is -2.42. The van der Waals surface area contributed by atoms with Crippen LogP contribution in [0.4, 0.5) is 0 Å². The second-order valence-corrected chi connectivity index (χ2v) is 9.01. The highest BCUT2D eigenvalue weighted by atomic mass is 32.2. The average molecular weight is 396 g/mol. The van der Waals surface area contributed by atoms with Crippen LogP contribution in [0.15, 0.2) is 60.7 Å². The maximum absolute atomic E-state index is 12.9. The van der Waals surface area contributed by atoms with Gasteiger partial charge >= 0.3 is 5.97 Å². The Morgan fingerprint density at radius 3 is 2.29 bits per heavy atom. The number of hydrogen-bond donors (Lipinski definition) is 1. The Bertz CT molecular complexity index is 869. The normalized spacial score (nSPS) is 19.9. The van der Waals surface area contributed by atoms with Crippen molar-refractivity contribution in [2.24, 2.45) is 0 Å². The van der Waals surface area contributed by atoms with Crippen LogP contribution in [0, 0.1) is 0 Å². The van der Waals surface area contributed by atoms with Crippen LogP contribution in [0.5, 0.6) is 0 Å². The molecule has 5 heteroatoms. The van der Waals surface area contributed by atoms with Gasteiger partial charge in [0, 0.05) is 11.8 Å². The van der Waals surface area contributed by atoms with E-state index in [1.54, 1.807) is 6.08 Å². The molecule has 1 fully saturated rings. The molecule has 28 heavy (non-hydrogen) atoms. The summed E-state index contributed by atoms with van der Waals surface area (Å²) < 4.78 is 0. The van der Waals surface area contributed by atoms with Crippen molar-refractivity contribution in [2.45, 2.75) is 37.6 Å². The van der Waals surface area contributed by atoms with E-state index in [0.717, 1.165) is 11.1 Å². The first kappa shape index (κ1) is 20.2. The fourth-order valence-corrected chi connectivity index (χ4v) is 4.62. The lowest BCUT2D eigenvalue weighted by Gasteiger charge is -2.27. The molecular formula is C23H25NO3S. The summed E-state index contributed by atoms with van der Waals surface area (Å²) in [6.45, 7) is 6.45. The van der Waals surface area contributed by atoms with Gasteiger partial charge in [-0.2, -0.15) is 0 Å². The molecule has 2 aromatic carbocycles. The number of hydrogen-bond acceptors (Lipinski definition) is 3. The molecule has 1 saturated heterocycles. The molecule has 2 atom stereocenters. The number of carbonyl (C=O) groups excluding carboxylic acids is 1. The Kier molecular flexibility index (Phi) is 5.94. The molecule has 0 aliphatic carbocycles. The topological polar surface area (TPSA) is 57.6 Å². The van der Waals surface area contributed by atoms with Crippen molar-refractivity contribution in [2.75, 3.05) is 5.75 Å². The summed E-state index contributed by atoms with van der Waals surface area (Å²) in [4.78, 5) is 26.1. The fourth-order valence-electron chi connectivity index (χ4n) is 3.19. The van der Waals surface area contributed by atoms with Gasteiger partial charge in [0.15, 0.2) is 0 Å². The minimum absolute atomic E-state index is 0.0406. The van der Waals surface area contributed by atoms with Crippen molar-refractivity contribution in [3.8, 4) is 0 Å². The van der Waals surface area contributed by atoms with Crippen LogP contribution in [0.3, 0.4) is 0 Å². The van der Waals surface area contributed by atoms with Crippen molar-refractivity contribution in [1.82, 2.24) is 4.90 Å². The lowest BCUT2D eigenvalue weighted by molar-refractivity contribution is -0.147. The van der Waals surface area contributed by atoms with E-state index in [-0.39, 0.29) is 16.7 Å². The smallest absolute Gasteiger partial charge is 0.327 e. The second kappa shape index (κ2) is 8.23. The lowest BCUT2D eigenvalue weighted by atomic mass is 9.86. The van der Waals surface area contributed by atoms with E-state index in [0.29, 0.717) is 5.75 Å². The van der Waals surface area contributed by atoms with Crippen LogP contribution in [0.25, 0.3) is 6.08 Å². The number of aliphatic carboxylic acids is 1. The first-order valence-corrected chi connectivity index (χ1v) is 10.3. The van der Waals surface area contributed by atoms with Crippen LogP contribution in [-0.4, -0.2) is 33.7 Å². The minimum Gasteiger partial charge on any atom is -0.480 e. The van der Waals surface area contributed by atoms with E-state index >= 15 is 0 Å². The predicted octanol–water partition coefficient (Wildman–Crippen LogP) is 4.72. The van der Waals surface area contributed by atoms with Gasteiger partial charge < -0.3 is 10.0 Å². The van der Waals surface area contributed by atoms with Gasteiger partial charge in [0.1, 0.15) is 11.4 Å². The summed E-state index contributed by atoms with van der Waals surface area (Å²) in [5.74, 6) is -0.875. The molecule has 1 heterocycles. The highest BCUT2D eigenvalue weighted by Gasteiger charge is 2.41. The van der Waals surface area contributed by atoms with Crippen molar-refractivity contribution in [3.05, 3.63) is 77.4 Å². The quantitative estimate of drug-likeness (QED) is 0.761. The Morgan fingerprint density at radius 1 is 1.07 bits per heavy atom. The zero-order valence-electron chi connectivity index (χ0n) is 16.3. The molecule has 0 radical (unpaired) electrons. The van der Waals surface area contributed by atoms with Gasteiger partial charge in [-0.05, 0) is 28.2 Å². The summed E-state index contributed by atoms with van der Waals surface area (Å²) >= 11 is 1.49. The molecule has 3 rings (SSSR count). The second-order valence-electron chi connectivity index (χ2n) is 7.90. The zero-order chi connectivity index (χ0) is 20.3. The van der Waals surface area contributed by atoms with Gasteiger partial charge in [-0.25, -0.2) is 4.79 Å². The Labute approximate surface area is 170 Å².